The number of nitrogens with one attached hydrogen (secondary N) is 1. The van der Waals surface area contributed by atoms with Gasteiger partial charge in [-0.1, -0.05) is 23.2 Å². The van der Waals surface area contributed by atoms with Gasteiger partial charge >= 0.3 is 5.97 Å². The Bertz CT molecular complexity index is 1260. The molecule has 2 saturated heterocycles. The first kappa shape index (κ1) is 27.6. The molecule has 2 fully saturated rings. The average molecular weight is 571 g/mol. The molecule has 4 heterocycles. The van der Waals surface area contributed by atoms with E-state index in [1.54, 1.807) is 12.3 Å². The van der Waals surface area contributed by atoms with Crippen molar-refractivity contribution < 1.29 is 14.6 Å². The van der Waals surface area contributed by atoms with Gasteiger partial charge in [-0.15, -0.1) is 0 Å². The second kappa shape index (κ2) is 13.0. The summed E-state index contributed by atoms with van der Waals surface area (Å²) in [4.78, 5) is 25.0. The predicted molar refractivity (Wildman–Crippen MR) is 154 cm³/mol. The third-order valence-electron chi connectivity index (χ3n) is 7.28. The van der Waals surface area contributed by atoms with Gasteiger partial charge in [-0.25, -0.2) is 9.97 Å². The van der Waals surface area contributed by atoms with Gasteiger partial charge in [0, 0.05) is 60.8 Å². The maximum Gasteiger partial charge on any atom is 0.303 e. The standard InChI is InChI=1S/C29H33Cl2N5O3/c30-23-15-22(16-24(31)17-23)26-13-21(19-35-9-5-20(6-10-35)1-4-29(37)38)14-28(34-26)39-25-2-3-27(33-18-25)36-11-7-32-8-12-36/h2-3,13-18,20,32H,1,4-12,19H2,(H,37,38). The molecule has 0 radical (unpaired) electrons. The second-order valence-corrected chi connectivity index (χ2v) is 11.1. The van der Waals surface area contributed by atoms with E-state index in [9.17, 15) is 4.79 Å². The molecule has 1 aromatic carbocycles. The minimum atomic E-state index is -0.718. The number of hydrogen-bond donors (Lipinski definition) is 2. The number of aromatic nitrogens is 2. The van der Waals surface area contributed by atoms with Gasteiger partial charge in [0.2, 0.25) is 5.88 Å². The first-order valence-electron chi connectivity index (χ1n) is 13.4. The van der Waals surface area contributed by atoms with Gasteiger partial charge in [0.1, 0.15) is 11.6 Å². The van der Waals surface area contributed by atoms with Crippen LogP contribution >= 0.6 is 23.2 Å². The smallest absolute Gasteiger partial charge is 0.303 e. The molecule has 2 N–H and O–H groups in total. The van der Waals surface area contributed by atoms with Gasteiger partial charge in [-0.2, -0.15) is 0 Å². The number of anilines is 1. The molecule has 39 heavy (non-hydrogen) atoms. The number of benzene rings is 1. The number of halogens is 2. The summed E-state index contributed by atoms with van der Waals surface area (Å²) < 4.78 is 6.20. The summed E-state index contributed by atoms with van der Waals surface area (Å²) >= 11 is 12.6. The van der Waals surface area contributed by atoms with Crippen molar-refractivity contribution in [2.24, 2.45) is 5.92 Å². The highest BCUT2D eigenvalue weighted by atomic mass is 35.5. The molecule has 0 bridgehead atoms. The van der Waals surface area contributed by atoms with E-state index in [4.69, 9.17) is 38.0 Å². The molecular weight excluding hydrogens is 537 g/mol. The summed E-state index contributed by atoms with van der Waals surface area (Å²) in [5, 5.41) is 13.4. The van der Waals surface area contributed by atoms with Gasteiger partial charge in [-0.3, -0.25) is 9.69 Å². The van der Waals surface area contributed by atoms with Crippen LogP contribution in [0.1, 0.15) is 31.2 Å². The Morgan fingerprint density at radius 3 is 2.44 bits per heavy atom. The molecule has 2 aliphatic heterocycles. The Morgan fingerprint density at radius 1 is 1.03 bits per heavy atom. The Morgan fingerprint density at radius 2 is 1.77 bits per heavy atom. The zero-order valence-electron chi connectivity index (χ0n) is 21.8. The first-order valence-corrected chi connectivity index (χ1v) is 14.2. The Labute approximate surface area is 238 Å². The number of piperazine rings is 1. The lowest BCUT2D eigenvalue weighted by molar-refractivity contribution is -0.137. The number of hydrogen-bond acceptors (Lipinski definition) is 7. The van der Waals surface area contributed by atoms with Gasteiger partial charge in [0.25, 0.3) is 0 Å². The van der Waals surface area contributed by atoms with Crippen molar-refractivity contribution in [3.8, 4) is 22.9 Å². The third kappa shape index (κ3) is 7.82. The summed E-state index contributed by atoms with van der Waals surface area (Å²) in [6.45, 7) is 6.36. The largest absolute Gasteiger partial charge is 0.481 e. The molecule has 0 saturated carbocycles. The van der Waals surface area contributed by atoms with Crippen molar-refractivity contribution in [3.05, 3.63) is 64.3 Å². The fourth-order valence-corrected chi connectivity index (χ4v) is 5.73. The molecule has 206 valence electrons. The number of piperidine rings is 1. The van der Waals surface area contributed by atoms with E-state index < -0.39 is 5.97 Å². The summed E-state index contributed by atoms with van der Waals surface area (Å²) in [7, 11) is 0. The molecule has 10 heteroatoms. The molecule has 0 atom stereocenters. The quantitative estimate of drug-likeness (QED) is 0.337. The molecule has 5 rings (SSSR count). The van der Waals surface area contributed by atoms with E-state index in [1.807, 2.05) is 30.3 Å². The first-order chi connectivity index (χ1) is 18.9. The topological polar surface area (TPSA) is 90.8 Å². The summed E-state index contributed by atoms with van der Waals surface area (Å²) in [5.41, 5.74) is 2.62. The maximum atomic E-state index is 10.9. The molecule has 0 amide bonds. The zero-order chi connectivity index (χ0) is 27.2. The number of nitrogens with zero attached hydrogens (tertiary/aromatic N) is 4. The molecular formula is C29H33Cl2N5O3. The lowest BCUT2D eigenvalue weighted by Crippen LogP contribution is -2.43. The SMILES string of the molecule is O=C(O)CCC1CCN(Cc2cc(Oc3ccc(N4CCNCC4)nc3)nc(-c3cc(Cl)cc(Cl)c3)c2)CC1. The van der Waals surface area contributed by atoms with Crippen LogP contribution in [0.2, 0.25) is 10.0 Å². The molecule has 0 aliphatic carbocycles. The highest BCUT2D eigenvalue weighted by Crippen LogP contribution is 2.31. The molecule has 0 unspecified atom stereocenters. The van der Waals surface area contributed by atoms with Crippen LogP contribution in [0.15, 0.2) is 48.7 Å². The predicted octanol–water partition coefficient (Wildman–Crippen LogP) is 5.73. The molecule has 0 spiro atoms. The normalized spacial score (nSPS) is 16.8. The van der Waals surface area contributed by atoms with Crippen LogP contribution in [0, 0.1) is 5.92 Å². The molecule has 3 aromatic rings. The van der Waals surface area contributed by atoms with Crippen LogP contribution in [-0.4, -0.2) is 65.2 Å². The fraction of sp³-hybridized carbons (Fsp3) is 0.414. The number of carboxylic acid groups (broad SMARTS) is 1. The average Bonchev–Trinajstić information content (AvgIpc) is 2.93. The molecule has 2 aliphatic rings. The van der Waals surface area contributed by atoms with E-state index in [0.29, 0.717) is 27.6 Å². The van der Waals surface area contributed by atoms with E-state index >= 15 is 0 Å². The molecule has 2 aromatic heterocycles. The summed E-state index contributed by atoms with van der Waals surface area (Å²) in [6, 6.07) is 13.3. The number of pyridine rings is 2. The van der Waals surface area contributed by atoms with Crippen LogP contribution in [0.25, 0.3) is 11.3 Å². The number of ether oxygens (including phenoxy) is 1. The van der Waals surface area contributed by atoms with Crippen LogP contribution in [0.5, 0.6) is 11.6 Å². The van der Waals surface area contributed by atoms with E-state index in [0.717, 1.165) is 87.7 Å². The van der Waals surface area contributed by atoms with Crippen molar-refractivity contribution in [3.63, 3.8) is 0 Å². The number of aliphatic carboxylic acids is 1. The van der Waals surface area contributed by atoms with Crippen molar-refractivity contribution in [1.29, 1.82) is 0 Å². The van der Waals surface area contributed by atoms with Gasteiger partial charge < -0.3 is 20.1 Å². The highest BCUT2D eigenvalue weighted by molar-refractivity contribution is 6.35. The maximum absolute atomic E-state index is 10.9. The lowest BCUT2D eigenvalue weighted by Gasteiger charge is -2.32. The summed E-state index contributed by atoms with van der Waals surface area (Å²) in [5.74, 6) is 1.78. The van der Waals surface area contributed by atoms with Gasteiger partial charge in [-0.05, 0) is 80.2 Å². The van der Waals surface area contributed by atoms with Crippen LogP contribution < -0.4 is 15.0 Å². The second-order valence-electron chi connectivity index (χ2n) is 10.2. The Balaban J connectivity index is 1.33. The Kier molecular flexibility index (Phi) is 9.19. The third-order valence-corrected chi connectivity index (χ3v) is 7.72. The van der Waals surface area contributed by atoms with Crippen molar-refractivity contribution in [2.45, 2.75) is 32.2 Å². The monoisotopic (exact) mass is 569 g/mol. The van der Waals surface area contributed by atoms with Crippen LogP contribution in [0.3, 0.4) is 0 Å². The zero-order valence-corrected chi connectivity index (χ0v) is 23.3. The number of likely N-dealkylation sites (tertiary alicyclic amines) is 1. The fourth-order valence-electron chi connectivity index (χ4n) is 5.21. The highest BCUT2D eigenvalue weighted by Gasteiger charge is 2.21. The van der Waals surface area contributed by atoms with Crippen molar-refractivity contribution >= 4 is 35.0 Å². The van der Waals surface area contributed by atoms with Crippen LogP contribution in [-0.2, 0) is 11.3 Å². The van der Waals surface area contributed by atoms with E-state index in [-0.39, 0.29) is 6.42 Å². The minimum absolute atomic E-state index is 0.242. The van der Waals surface area contributed by atoms with E-state index in [2.05, 4.69) is 26.2 Å². The summed E-state index contributed by atoms with van der Waals surface area (Å²) in [6.07, 6.45) is 4.74. The van der Waals surface area contributed by atoms with Crippen molar-refractivity contribution in [2.75, 3.05) is 44.2 Å². The minimum Gasteiger partial charge on any atom is -0.481 e. The van der Waals surface area contributed by atoms with Crippen LogP contribution in [0.4, 0.5) is 5.82 Å². The number of carbonyl (C=O) groups is 1. The van der Waals surface area contributed by atoms with E-state index in [1.165, 1.54) is 0 Å². The Hall–Kier alpha value is -2.91. The van der Waals surface area contributed by atoms with Crippen molar-refractivity contribution in [1.82, 2.24) is 20.2 Å². The molecule has 8 nitrogen and oxygen atoms in total. The van der Waals surface area contributed by atoms with Gasteiger partial charge in [0.15, 0.2) is 0 Å². The lowest BCUT2D eigenvalue weighted by atomic mass is 9.92. The number of carboxylic acids is 1. The number of rotatable bonds is 9. The van der Waals surface area contributed by atoms with Gasteiger partial charge in [0.05, 0.1) is 11.9 Å².